The lowest BCUT2D eigenvalue weighted by atomic mass is 9.93. The molecule has 0 radical (unpaired) electrons. The molecular weight excluding hydrogens is 485 g/mol. The Morgan fingerprint density at radius 3 is 2.52 bits per heavy atom. The minimum absolute atomic E-state index is 0.118. The van der Waals surface area contributed by atoms with E-state index in [1.165, 1.54) is 12.1 Å². The first kappa shape index (κ1) is 23.4. The summed E-state index contributed by atoms with van der Waals surface area (Å²) in [4.78, 5) is 15.3. The molecule has 3 aromatic rings. The van der Waals surface area contributed by atoms with Crippen LogP contribution in [0.15, 0.2) is 56.9 Å². The summed E-state index contributed by atoms with van der Waals surface area (Å²) in [6.07, 6.45) is 1.88. The van der Waals surface area contributed by atoms with Gasteiger partial charge in [-0.05, 0) is 51.0 Å². The van der Waals surface area contributed by atoms with Crippen molar-refractivity contribution in [1.29, 1.82) is 0 Å². The van der Waals surface area contributed by atoms with Crippen LogP contribution in [0.4, 0.5) is 5.69 Å². The van der Waals surface area contributed by atoms with Crippen molar-refractivity contribution in [1.82, 2.24) is 4.83 Å². The van der Waals surface area contributed by atoms with Gasteiger partial charge in [0.1, 0.15) is 5.76 Å². The van der Waals surface area contributed by atoms with Gasteiger partial charge < -0.3 is 9.73 Å². The van der Waals surface area contributed by atoms with E-state index in [9.17, 15) is 13.2 Å². The molecule has 2 aromatic carbocycles. The topological polar surface area (TPSA) is 101 Å². The number of benzene rings is 2. The summed E-state index contributed by atoms with van der Waals surface area (Å²) in [6, 6.07) is 11.4. The maximum absolute atomic E-state index is 12.9. The van der Waals surface area contributed by atoms with Crippen molar-refractivity contribution >= 4 is 50.5 Å². The fraction of sp³-hybridized carbons (Fsp3) is 0.217. The molecule has 10 heteroatoms. The van der Waals surface area contributed by atoms with Gasteiger partial charge in [-0.1, -0.05) is 47.0 Å². The number of aryl methyl sites for hydroxylation is 2. The zero-order chi connectivity index (χ0) is 23.8. The number of sulfonamides is 1. The van der Waals surface area contributed by atoms with Gasteiger partial charge in [-0.3, -0.25) is 4.79 Å². The lowest BCUT2D eigenvalue weighted by molar-refractivity contribution is 0.0994. The highest BCUT2D eigenvalue weighted by Crippen LogP contribution is 2.33. The van der Waals surface area contributed by atoms with Gasteiger partial charge in [0.05, 0.1) is 26.3 Å². The van der Waals surface area contributed by atoms with E-state index in [1.807, 2.05) is 6.92 Å². The summed E-state index contributed by atoms with van der Waals surface area (Å²) < 4.78 is 31.1. The number of hydrazone groups is 1. The number of hydrogen-bond donors (Lipinski definition) is 2. The van der Waals surface area contributed by atoms with Crippen molar-refractivity contribution in [2.75, 3.05) is 5.32 Å². The van der Waals surface area contributed by atoms with Crippen molar-refractivity contribution in [2.24, 2.45) is 5.10 Å². The van der Waals surface area contributed by atoms with Gasteiger partial charge >= 0.3 is 0 Å². The zero-order valence-electron chi connectivity index (χ0n) is 17.9. The minimum atomic E-state index is -3.83. The van der Waals surface area contributed by atoms with Gasteiger partial charge in [0.25, 0.3) is 15.9 Å². The van der Waals surface area contributed by atoms with Gasteiger partial charge in [-0.2, -0.15) is 18.4 Å². The number of rotatable bonds is 5. The zero-order valence-corrected chi connectivity index (χ0v) is 20.2. The predicted octanol–water partition coefficient (Wildman–Crippen LogP) is 5.47. The molecule has 1 aliphatic rings. The number of carbonyl (C=O) groups excluding carboxylic acids is 1. The monoisotopic (exact) mass is 505 g/mol. The highest BCUT2D eigenvalue weighted by Gasteiger charge is 2.29. The number of fused-ring (bicyclic) bond motifs is 1. The molecule has 0 bridgehead atoms. The Balaban J connectivity index is 1.61. The summed E-state index contributed by atoms with van der Waals surface area (Å²) in [6.45, 7) is 3.62. The van der Waals surface area contributed by atoms with E-state index in [2.05, 4.69) is 15.2 Å². The van der Waals surface area contributed by atoms with E-state index < -0.39 is 15.9 Å². The molecule has 1 aromatic heterocycles. The first-order chi connectivity index (χ1) is 15.7. The fourth-order valence-electron chi connectivity index (χ4n) is 3.66. The lowest BCUT2D eigenvalue weighted by Gasteiger charge is -2.14. The molecule has 172 valence electrons. The number of nitrogens with zero attached hydrogens (tertiary/aromatic N) is 1. The second-order valence-electron chi connectivity index (χ2n) is 7.73. The Morgan fingerprint density at radius 1 is 1.06 bits per heavy atom. The molecule has 0 spiro atoms. The van der Waals surface area contributed by atoms with Crippen molar-refractivity contribution in [3.05, 3.63) is 80.7 Å². The third kappa shape index (κ3) is 4.78. The van der Waals surface area contributed by atoms with Gasteiger partial charge in [-0.15, -0.1) is 0 Å². The van der Waals surface area contributed by atoms with Crippen molar-refractivity contribution in [3.63, 3.8) is 0 Å². The number of hydrogen-bond acceptors (Lipinski definition) is 5. The van der Waals surface area contributed by atoms with E-state index in [1.54, 1.807) is 37.3 Å². The predicted molar refractivity (Wildman–Crippen MR) is 129 cm³/mol. The maximum Gasteiger partial charge on any atom is 0.291 e. The number of furan rings is 1. The van der Waals surface area contributed by atoms with Crippen LogP contribution in [0.2, 0.25) is 10.0 Å². The summed E-state index contributed by atoms with van der Waals surface area (Å²) >= 11 is 12.2. The number of halogens is 2. The number of carbonyl (C=O) groups is 1. The Bertz CT molecular complexity index is 1360. The standard InChI is InChI=1S/C23H21Cl2N3O4S/c1-13-9-11-15(12-10-13)33(30,31)28-27-17-6-4-8-19-20(17)14(2)22(32-19)23(29)26-18-7-3-5-16(24)21(18)25/h3,5,7,9-12,28H,4,6,8H2,1-2H3,(H,26,29)/b27-17+. The number of anilines is 1. The smallest absolute Gasteiger partial charge is 0.291 e. The summed E-state index contributed by atoms with van der Waals surface area (Å²) in [5.74, 6) is 0.229. The van der Waals surface area contributed by atoms with Crippen LogP contribution in [0.25, 0.3) is 0 Å². The molecule has 1 aliphatic carbocycles. The molecule has 4 rings (SSSR count). The van der Waals surface area contributed by atoms with Crippen LogP contribution in [-0.4, -0.2) is 20.0 Å². The molecule has 0 fully saturated rings. The molecule has 2 N–H and O–H groups in total. The first-order valence-corrected chi connectivity index (χ1v) is 12.4. The van der Waals surface area contributed by atoms with Gasteiger partial charge in [0, 0.05) is 17.5 Å². The van der Waals surface area contributed by atoms with Crippen molar-refractivity contribution < 1.29 is 17.6 Å². The molecular formula is C23H21Cl2N3O4S. The van der Waals surface area contributed by atoms with Gasteiger partial charge in [0.15, 0.2) is 5.76 Å². The van der Waals surface area contributed by atoms with Crippen LogP contribution >= 0.6 is 23.2 Å². The summed E-state index contributed by atoms with van der Waals surface area (Å²) in [5.41, 5.74) is 3.07. The SMILES string of the molecule is Cc1ccc(S(=O)(=O)N/N=C2\CCCc3oc(C(=O)Nc4cccc(Cl)c4Cl)c(C)c32)cc1. The van der Waals surface area contributed by atoms with Crippen LogP contribution in [0, 0.1) is 13.8 Å². The van der Waals surface area contributed by atoms with Crippen molar-refractivity contribution in [3.8, 4) is 0 Å². The van der Waals surface area contributed by atoms with Gasteiger partial charge in [0.2, 0.25) is 0 Å². The molecule has 33 heavy (non-hydrogen) atoms. The number of nitrogens with one attached hydrogen (secondary N) is 2. The highest BCUT2D eigenvalue weighted by atomic mass is 35.5. The average Bonchev–Trinajstić information content (AvgIpc) is 3.13. The maximum atomic E-state index is 12.9. The third-order valence-electron chi connectivity index (χ3n) is 5.36. The van der Waals surface area contributed by atoms with E-state index in [-0.39, 0.29) is 15.7 Å². The molecule has 0 saturated heterocycles. The molecule has 0 saturated carbocycles. The number of amides is 1. The van der Waals surface area contributed by atoms with Crippen LogP contribution in [-0.2, 0) is 16.4 Å². The Morgan fingerprint density at radius 2 is 1.79 bits per heavy atom. The van der Waals surface area contributed by atoms with E-state index in [0.29, 0.717) is 52.6 Å². The second-order valence-corrected chi connectivity index (χ2v) is 10.2. The summed E-state index contributed by atoms with van der Waals surface area (Å²) in [7, 11) is -3.83. The quantitative estimate of drug-likeness (QED) is 0.448. The van der Waals surface area contributed by atoms with Crippen molar-refractivity contribution in [2.45, 2.75) is 38.0 Å². The first-order valence-electron chi connectivity index (χ1n) is 10.2. The normalized spacial score (nSPS) is 14.7. The minimum Gasteiger partial charge on any atom is -0.455 e. The lowest BCUT2D eigenvalue weighted by Crippen LogP contribution is -2.22. The Labute approximate surface area is 201 Å². The molecule has 7 nitrogen and oxygen atoms in total. The fourth-order valence-corrected chi connectivity index (χ4v) is 4.84. The second kappa shape index (κ2) is 9.21. The molecule has 1 heterocycles. The van der Waals surface area contributed by atoms with E-state index in [4.69, 9.17) is 27.6 Å². The van der Waals surface area contributed by atoms with Gasteiger partial charge in [-0.25, -0.2) is 0 Å². The van der Waals surface area contributed by atoms with E-state index >= 15 is 0 Å². The van der Waals surface area contributed by atoms with Crippen LogP contribution in [0.1, 0.15) is 45.8 Å². The van der Waals surface area contributed by atoms with E-state index in [0.717, 1.165) is 5.56 Å². The van der Waals surface area contributed by atoms with Crippen LogP contribution in [0.5, 0.6) is 0 Å². The largest absolute Gasteiger partial charge is 0.455 e. The third-order valence-corrected chi connectivity index (χ3v) is 7.41. The van der Waals surface area contributed by atoms with Crippen LogP contribution in [0.3, 0.4) is 0 Å². The molecule has 0 aliphatic heterocycles. The highest BCUT2D eigenvalue weighted by molar-refractivity contribution is 7.89. The molecule has 0 atom stereocenters. The average molecular weight is 506 g/mol. The summed E-state index contributed by atoms with van der Waals surface area (Å²) in [5, 5.41) is 7.45. The van der Waals surface area contributed by atoms with Crippen LogP contribution < -0.4 is 10.1 Å². The Kier molecular flexibility index (Phi) is 6.52. The Hall–Kier alpha value is -2.81. The molecule has 0 unspecified atom stereocenters. The molecule has 1 amide bonds.